The molecular formula is C12H10N2O4. The largest absolute Gasteiger partial charge is 0.452 e. The first-order valence-corrected chi connectivity index (χ1v) is 4.96. The third-order valence-electron chi connectivity index (χ3n) is 2.16. The van der Waals surface area contributed by atoms with Crippen LogP contribution in [0.15, 0.2) is 36.4 Å². The number of benzene rings is 1. The number of hydrogen-bond donors (Lipinski definition) is 0. The van der Waals surface area contributed by atoms with Gasteiger partial charge in [-0.25, -0.2) is 0 Å². The fourth-order valence-corrected chi connectivity index (χ4v) is 1.42. The van der Waals surface area contributed by atoms with Crippen molar-refractivity contribution in [2.75, 3.05) is 0 Å². The Kier molecular flexibility index (Phi) is 4.16. The lowest BCUT2D eigenvalue weighted by molar-refractivity contribution is -0.386. The van der Waals surface area contributed by atoms with Gasteiger partial charge in [0, 0.05) is 13.0 Å². The summed E-state index contributed by atoms with van der Waals surface area (Å²) in [5, 5.41) is 19.7. The van der Waals surface area contributed by atoms with Crippen LogP contribution in [0.2, 0.25) is 0 Å². The summed E-state index contributed by atoms with van der Waals surface area (Å²) in [6.07, 6.45) is -1.13. The van der Waals surface area contributed by atoms with E-state index in [4.69, 9.17) is 10.00 Å². The van der Waals surface area contributed by atoms with Crippen molar-refractivity contribution >= 4 is 11.7 Å². The Labute approximate surface area is 103 Å². The molecule has 1 aromatic rings. The standard InChI is InChI=1S/C12H10N2O4/c1-8(7-13)12(18-9(2)15)10-5-3-4-6-11(10)14(16)17/h3-6,12H,1H2,2H3. The molecular weight excluding hydrogens is 236 g/mol. The highest BCUT2D eigenvalue weighted by Crippen LogP contribution is 2.31. The van der Waals surface area contributed by atoms with Crippen molar-refractivity contribution in [2.45, 2.75) is 13.0 Å². The predicted octanol–water partition coefficient (Wildman–Crippen LogP) is 2.28. The summed E-state index contributed by atoms with van der Waals surface area (Å²) in [6, 6.07) is 7.49. The molecule has 0 saturated carbocycles. The third kappa shape index (κ3) is 2.92. The van der Waals surface area contributed by atoms with Crippen LogP contribution in [0.3, 0.4) is 0 Å². The number of nitro groups is 1. The van der Waals surface area contributed by atoms with E-state index in [0.29, 0.717) is 0 Å². The molecule has 0 bridgehead atoms. The highest BCUT2D eigenvalue weighted by atomic mass is 16.6. The van der Waals surface area contributed by atoms with Gasteiger partial charge in [-0.15, -0.1) is 0 Å². The van der Waals surface area contributed by atoms with E-state index in [1.54, 1.807) is 12.1 Å². The van der Waals surface area contributed by atoms with Crippen LogP contribution in [0.1, 0.15) is 18.6 Å². The Morgan fingerprint density at radius 2 is 2.17 bits per heavy atom. The molecule has 1 rings (SSSR count). The molecule has 1 unspecified atom stereocenters. The molecule has 0 aliphatic rings. The topological polar surface area (TPSA) is 93.2 Å². The molecule has 1 aromatic carbocycles. The van der Waals surface area contributed by atoms with Gasteiger partial charge in [-0.1, -0.05) is 18.7 Å². The number of rotatable bonds is 4. The zero-order valence-corrected chi connectivity index (χ0v) is 9.62. The number of nitriles is 1. The number of ether oxygens (including phenoxy) is 1. The van der Waals surface area contributed by atoms with Crippen molar-refractivity contribution in [3.63, 3.8) is 0 Å². The molecule has 0 saturated heterocycles. The lowest BCUT2D eigenvalue weighted by Crippen LogP contribution is -2.11. The summed E-state index contributed by atoms with van der Waals surface area (Å²) in [5.41, 5.74) is -0.163. The second-order valence-electron chi connectivity index (χ2n) is 3.44. The van der Waals surface area contributed by atoms with Gasteiger partial charge in [-0.3, -0.25) is 14.9 Å². The van der Waals surface area contributed by atoms with Crippen LogP contribution in [0.25, 0.3) is 0 Å². The molecule has 0 fully saturated rings. The average Bonchev–Trinajstić information content (AvgIpc) is 2.34. The fourth-order valence-electron chi connectivity index (χ4n) is 1.42. The molecule has 1 atom stereocenters. The number of para-hydroxylation sites is 1. The van der Waals surface area contributed by atoms with Gasteiger partial charge in [0.1, 0.15) is 0 Å². The maximum absolute atomic E-state index is 11.0. The van der Waals surface area contributed by atoms with Crippen LogP contribution >= 0.6 is 0 Å². The van der Waals surface area contributed by atoms with Crippen molar-refractivity contribution in [3.05, 3.63) is 52.1 Å². The summed E-state index contributed by atoms with van der Waals surface area (Å²) in [4.78, 5) is 21.3. The van der Waals surface area contributed by atoms with Crippen LogP contribution in [-0.4, -0.2) is 10.9 Å². The second kappa shape index (κ2) is 5.59. The Balaban J connectivity index is 3.29. The van der Waals surface area contributed by atoms with Gasteiger partial charge in [0.25, 0.3) is 5.69 Å². The van der Waals surface area contributed by atoms with E-state index in [2.05, 4.69) is 6.58 Å². The SMILES string of the molecule is C=C(C#N)C(OC(C)=O)c1ccccc1[N+](=O)[O-]. The molecule has 0 N–H and O–H groups in total. The highest BCUT2D eigenvalue weighted by molar-refractivity contribution is 5.67. The average molecular weight is 246 g/mol. The van der Waals surface area contributed by atoms with Crippen molar-refractivity contribution < 1.29 is 14.5 Å². The smallest absolute Gasteiger partial charge is 0.303 e. The maximum Gasteiger partial charge on any atom is 0.303 e. The highest BCUT2D eigenvalue weighted by Gasteiger charge is 2.26. The van der Waals surface area contributed by atoms with Gasteiger partial charge in [-0.2, -0.15) is 5.26 Å². The van der Waals surface area contributed by atoms with E-state index in [1.807, 2.05) is 0 Å². The lowest BCUT2D eigenvalue weighted by atomic mass is 10.0. The van der Waals surface area contributed by atoms with E-state index >= 15 is 0 Å². The minimum absolute atomic E-state index is 0.0699. The lowest BCUT2D eigenvalue weighted by Gasteiger charge is -2.15. The van der Waals surface area contributed by atoms with Gasteiger partial charge in [0.15, 0.2) is 6.10 Å². The zero-order chi connectivity index (χ0) is 13.7. The Morgan fingerprint density at radius 1 is 1.56 bits per heavy atom. The fraction of sp³-hybridized carbons (Fsp3) is 0.167. The van der Waals surface area contributed by atoms with Gasteiger partial charge in [0.05, 0.1) is 22.1 Å². The molecule has 18 heavy (non-hydrogen) atoms. The Bertz CT molecular complexity index is 545. The zero-order valence-electron chi connectivity index (χ0n) is 9.62. The summed E-state index contributed by atoms with van der Waals surface area (Å²) in [5.74, 6) is -0.644. The van der Waals surface area contributed by atoms with Crippen LogP contribution in [0.5, 0.6) is 0 Å². The summed E-state index contributed by atoms with van der Waals surface area (Å²) >= 11 is 0. The Morgan fingerprint density at radius 3 is 2.67 bits per heavy atom. The first-order valence-electron chi connectivity index (χ1n) is 4.96. The molecule has 0 aliphatic heterocycles. The van der Waals surface area contributed by atoms with E-state index in [-0.39, 0.29) is 16.8 Å². The molecule has 0 amide bonds. The van der Waals surface area contributed by atoms with Crippen molar-refractivity contribution in [1.29, 1.82) is 5.26 Å². The quantitative estimate of drug-likeness (QED) is 0.351. The van der Waals surface area contributed by atoms with Gasteiger partial charge in [0.2, 0.25) is 0 Å². The molecule has 0 aromatic heterocycles. The molecule has 6 nitrogen and oxygen atoms in total. The van der Waals surface area contributed by atoms with E-state index in [9.17, 15) is 14.9 Å². The number of esters is 1. The van der Waals surface area contributed by atoms with Crippen molar-refractivity contribution in [3.8, 4) is 6.07 Å². The predicted molar refractivity (Wildman–Crippen MR) is 62.4 cm³/mol. The minimum atomic E-state index is -1.13. The molecule has 6 heteroatoms. The van der Waals surface area contributed by atoms with E-state index in [0.717, 1.165) is 6.92 Å². The number of hydrogen-bond acceptors (Lipinski definition) is 5. The van der Waals surface area contributed by atoms with E-state index < -0.39 is 17.0 Å². The Hall–Kier alpha value is -2.68. The summed E-state index contributed by atoms with van der Waals surface area (Å²) in [7, 11) is 0. The second-order valence-corrected chi connectivity index (χ2v) is 3.44. The first-order chi connectivity index (χ1) is 8.47. The summed E-state index contributed by atoms with van der Waals surface area (Å²) in [6.45, 7) is 4.60. The van der Waals surface area contributed by atoms with Gasteiger partial charge >= 0.3 is 5.97 Å². The summed E-state index contributed by atoms with van der Waals surface area (Å²) < 4.78 is 4.91. The first kappa shape index (κ1) is 13.4. The van der Waals surface area contributed by atoms with E-state index in [1.165, 1.54) is 18.2 Å². The van der Waals surface area contributed by atoms with Gasteiger partial charge in [-0.05, 0) is 6.07 Å². The number of nitro benzene ring substituents is 1. The minimum Gasteiger partial charge on any atom is -0.452 e. The normalized spacial score (nSPS) is 11.1. The van der Waals surface area contributed by atoms with Crippen molar-refractivity contribution in [2.24, 2.45) is 0 Å². The molecule has 0 heterocycles. The molecule has 0 radical (unpaired) electrons. The van der Waals surface area contributed by atoms with Crippen LogP contribution in [0, 0.1) is 21.4 Å². The number of carbonyl (C=O) groups excluding carboxylic acids is 1. The van der Waals surface area contributed by atoms with Gasteiger partial charge < -0.3 is 4.74 Å². The molecule has 0 spiro atoms. The number of carbonyl (C=O) groups is 1. The molecule has 0 aliphatic carbocycles. The monoisotopic (exact) mass is 246 g/mol. The maximum atomic E-state index is 11.0. The van der Waals surface area contributed by atoms with Crippen LogP contribution in [-0.2, 0) is 9.53 Å². The van der Waals surface area contributed by atoms with Crippen LogP contribution < -0.4 is 0 Å². The number of nitrogens with zero attached hydrogens (tertiary/aromatic N) is 2. The molecule has 92 valence electrons. The van der Waals surface area contributed by atoms with Crippen LogP contribution in [0.4, 0.5) is 5.69 Å². The third-order valence-corrected chi connectivity index (χ3v) is 2.16. The van der Waals surface area contributed by atoms with Crippen molar-refractivity contribution in [1.82, 2.24) is 0 Å².